The number of nitrogens with zero attached hydrogens (tertiary/aromatic N) is 3. The summed E-state index contributed by atoms with van der Waals surface area (Å²) in [5.41, 5.74) is 2.72. The predicted molar refractivity (Wildman–Crippen MR) is 62.4 cm³/mol. The van der Waals surface area contributed by atoms with E-state index in [1.54, 1.807) is 6.92 Å². The molecule has 1 N–H and O–H groups in total. The van der Waals surface area contributed by atoms with E-state index in [4.69, 9.17) is 4.52 Å². The predicted octanol–water partition coefficient (Wildman–Crippen LogP) is 1.67. The van der Waals surface area contributed by atoms with Crippen molar-refractivity contribution in [3.63, 3.8) is 0 Å². The van der Waals surface area contributed by atoms with Crippen molar-refractivity contribution in [1.29, 1.82) is 0 Å². The smallest absolute Gasteiger partial charge is 0.229 e. The molecule has 17 heavy (non-hydrogen) atoms. The van der Waals surface area contributed by atoms with E-state index in [0.29, 0.717) is 18.1 Å². The van der Waals surface area contributed by atoms with Crippen LogP contribution in [0.15, 0.2) is 16.7 Å². The third kappa shape index (κ3) is 2.88. The first-order valence-electron chi connectivity index (χ1n) is 5.51. The Bertz CT molecular complexity index is 500. The zero-order chi connectivity index (χ0) is 12.4. The van der Waals surface area contributed by atoms with Crippen LogP contribution < -0.4 is 0 Å². The molecular formula is C12H15N3O2. The molecule has 0 bridgehead atoms. The Kier molecular flexibility index (Phi) is 3.19. The van der Waals surface area contributed by atoms with Gasteiger partial charge in [0.05, 0.1) is 12.5 Å². The van der Waals surface area contributed by atoms with Crippen LogP contribution >= 0.6 is 0 Å². The maximum Gasteiger partial charge on any atom is 0.229 e. The normalized spacial score (nSPS) is 12.7. The molecule has 0 aliphatic carbocycles. The van der Waals surface area contributed by atoms with Crippen molar-refractivity contribution in [2.75, 3.05) is 0 Å². The fourth-order valence-corrected chi connectivity index (χ4v) is 1.67. The molecule has 0 saturated heterocycles. The van der Waals surface area contributed by atoms with Crippen molar-refractivity contribution in [2.24, 2.45) is 0 Å². The number of hydrogen-bond donors (Lipinski definition) is 1. The van der Waals surface area contributed by atoms with Gasteiger partial charge in [0.2, 0.25) is 11.7 Å². The van der Waals surface area contributed by atoms with Crippen molar-refractivity contribution in [3.8, 4) is 11.4 Å². The lowest BCUT2D eigenvalue weighted by Gasteiger charge is -1.99. The highest BCUT2D eigenvalue weighted by Gasteiger charge is 2.11. The molecule has 0 aliphatic heterocycles. The third-order valence-corrected chi connectivity index (χ3v) is 2.28. The first kappa shape index (κ1) is 11.7. The SMILES string of the molecule is Cc1cc(-c2noc(CC(C)O)n2)cc(C)n1. The highest BCUT2D eigenvalue weighted by molar-refractivity contribution is 5.55. The van der Waals surface area contributed by atoms with Crippen LogP contribution in [0, 0.1) is 13.8 Å². The molecular weight excluding hydrogens is 218 g/mol. The van der Waals surface area contributed by atoms with Crippen LogP contribution in [-0.4, -0.2) is 26.3 Å². The quantitative estimate of drug-likeness (QED) is 0.873. The summed E-state index contributed by atoms with van der Waals surface area (Å²) >= 11 is 0. The van der Waals surface area contributed by atoms with Gasteiger partial charge in [-0.1, -0.05) is 5.16 Å². The minimum atomic E-state index is -0.482. The number of aryl methyl sites for hydroxylation is 2. The average molecular weight is 233 g/mol. The Morgan fingerprint density at radius 3 is 2.47 bits per heavy atom. The van der Waals surface area contributed by atoms with Crippen molar-refractivity contribution in [2.45, 2.75) is 33.3 Å². The van der Waals surface area contributed by atoms with E-state index in [0.717, 1.165) is 17.0 Å². The first-order valence-corrected chi connectivity index (χ1v) is 5.51. The minimum Gasteiger partial charge on any atom is -0.393 e. The fraction of sp³-hybridized carbons (Fsp3) is 0.417. The van der Waals surface area contributed by atoms with Crippen LogP contribution in [0.25, 0.3) is 11.4 Å². The summed E-state index contributed by atoms with van der Waals surface area (Å²) in [6, 6.07) is 3.81. The molecule has 2 aromatic heterocycles. The Morgan fingerprint density at radius 2 is 1.88 bits per heavy atom. The van der Waals surface area contributed by atoms with Gasteiger partial charge in [-0.3, -0.25) is 4.98 Å². The van der Waals surface area contributed by atoms with Gasteiger partial charge < -0.3 is 9.63 Å². The summed E-state index contributed by atoms with van der Waals surface area (Å²) in [7, 11) is 0. The number of aliphatic hydroxyl groups excluding tert-OH is 1. The number of aliphatic hydroxyl groups is 1. The highest BCUT2D eigenvalue weighted by Crippen LogP contribution is 2.17. The summed E-state index contributed by atoms with van der Waals surface area (Å²) < 4.78 is 5.07. The van der Waals surface area contributed by atoms with E-state index in [-0.39, 0.29) is 0 Å². The number of rotatable bonds is 3. The van der Waals surface area contributed by atoms with Crippen LogP contribution in [0.4, 0.5) is 0 Å². The number of aromatic nitrogens is 3. The van der Waals surface area contributed by atoms with Gasteiger partial charge in [-0.2, -0.15) is 4.98 Å². The molecule has 0 fully saturated rings. The molecule has 5 nitrogen and oxygen atoms in total. The molecule has 5 heteroatoms. The topological polar surface area (TPSA) is 72.0 Å². The molecule has 0 aromatic carbocycles. The summed E-state index contributed by atoms with van der Waals surface area (Å²) in [5, 5.41) is 13.1. The Balaban J connectivity index is 2.30. The van der Waals surface area contributed by atoms with E-state index < -0.39 is 6.10 Å². The molecule has 2 heterocycles. The van der Waals surface area contributed by atoms with Gasteiger partial charge in [-0.05, 0) is 32.9 Å². The molecule has 0 amide bonds. The lowest BCUT2D eigenvalue weighted by Crippen LogP contribution is -2.04. The maximum absolute atomic E-state index is 9.24. The largest absolute Gasteiger partial charge is 0.393 e. The van der Waals surface area contributed by atoms with Gasteiger partial charge in [0.15, 0.2) is 0 Å². The van der Waals surface area contributed by atoms with Gasteiger partial charge in [0.25, 0.3) is 0 Å². The summed E-state index contributed by atoms with van der Waals surface area (Å²) in [6.45, 7) is 5.53. The van der Waals surface area contributed by atoms with Crippen LogP contribution in [0.5, 0.6) is 0 Å². The molecule has 1 unspecified atom stereocenters. The monoisotopic (exact) mass is 233 g/mol. The number of hydrogen-bond acceptors (Lipinski definition) is 5. The molecule has 0 radical (unpaired) electrons. The second-order valence-corrected chi connectivity index (χ2v) is 4.20. The molecule has 2 aromatic rings. The fourth-order valence-electron chi connectivity index (χ4n) is 1.67. The van der Waals surface area contributed by atoms with Gasteiger partial charge in [0.1, 0.15) is 0 Å². The molecule has 0 saturated carbocycles. The van der Waals surface area contributed by atoms with Crippen LogP contribution in [-0.2, 0) is 6.42 Å². The van der Waals surface area contributed by atoms with E-state index in [1.807, 2.05) is 26.0 Å². The lowest BCUT2D eigenvalue weighted by molar-refractivity contribution is 0.181. The Morgan fingerprint density at radius 1 is 1.24 bits per heavy atom. The molecule has 2 rings (SSSR count). The van der Waals surface area contributed by atoms with Crippen LogP contribution in [0.3, 0.4) is 0 Å². The zero-order valence-corrected chi connectivity index (χ0v) is 10.1. The summed E-state index contributed by atoms with van der Waals surface area (Å²) in [6.07, 6.45) is -0.111. The van der Waals surface area contributed by atoms with Gasteiger partial charge in [-0.15, -0.1) is 0 Å². The Labute approximate surface area is 99.5 Å². The summed E-state index contributed by atoms with van der Waals surface area (Å²) in [4.78, 5) is 8.53. The van der Waals surface area contributed by atoms with Gasteiger partial charge >= 0.3 is 0 Å². The first-order chi connectivity index (χ1) is 8.04. The highest BCUT2D eigenvalue weighted by atomic mass is 16.5. The third-order valence-electron chi connectivity index (χ3n) is 2.28. The van der Waals surface area contributed by atoms with Crippen molar-refractivity contribution < 1.29 is 9.63 Å². The van der Waals surface area contributed by atoms with Crippen molar-refractivity contribution in [1.82, 2.24) is 15.1 Å². The Hall–Kier alpha value is -1.75. The second-order valence-electron chi connectivity index (χ2n) is 4.20. The van der Waals surface area contributed by atoms with Crippen molar-refractivity contribution in [3.05, 3.63) is 29.4 Å². The molecule has 0 spiro atoms. The minimum absolute atomic E-state index is 0.371. The van der Waals surface area contributed by atoms with Crippen molar-refractivity contribution >= 4 is 0 Å². The lowest BCUT2D eigenvalue weighted by atomic mass is 10.2. The second kappa shape index (κ2) is 4.63. The van der Waals surface area contributed by atoms with E-state index in [2.05, 4.69) is 15.1 Å². The molecule has 1 atom stereocenters. The molecule has 0 aliphatic rings. The van der Waals surface area contributed by atoms with Crippen LogP contribution in [0.2, 0.25) is 0 Å². The standard InChI is InChI=1S/C12H15N3O2/c1-7-4-10(5-8(2)13-7)12-14-11(17-15-12)6-9(3)16/h4-5,9,16H,6H2,1-3H3. The van der Waals surface area contributed by atoms with Crippen LogP contribution in [0.1, 0.15) is 24.2 Å². The van der Waals surface area contributed by atoms with Gasteiger partial charge in [-0.25, -0.2) is 0 Å². The molecule has 90 valence electrons. The van der Waals surface area contributed by atoms with E-state index in [1.165, 1.54) is 0 Å². The van der Waals surface area contributed by atoms with E-state index in [9.17, 15) is 5.11 Å². The zero-order valence-electron chi connectivity index (χ0n) is 10.1. The van der Waals surface area contributed by atoms with E-state index >= 15 is 0 Å². The summed E-state index contributed by atoms with van der Waals surface area (Å²) in [5.74, 6) is 0.983. The number of pyridine rings is 1. The average Bonchev–Trinajstić information content (AvgIpc) is 2.63. The van der Waals surface area contributed by atoms with Gasteiger partial charge in [0, 0.05) is 17.0 Å². The maximum atomic E-state index is 9.24.